The molecule has 0 fully saturated rings. The maximum Gasteiger partial charge on any atom is 0.472 e. The summed E-state index contributed by atoms with van der Waals surface area (Å²) in [7, 11) is -4.37. The molecule has 0 spiro atoms. The van der Waals surface area contributed by atoms with Crippen molar-refractivity contribution in [3.8, 4) is 0 Å². The van der Waals surface area contributed by atoms with Crippen molar-refractivity contribution in [1.82, 2.24) is 0 Å². The first-order valence-corrected chi connectivity index (χ1v) is 27.5. The summed E-state index contributed by atoms with van der Waals surface area (Å²) in [5.41, 5.74) is 5.37. The summed E-state index contributed by atoms with van der Waals surface area (Å²) in [5, 5.41) is 0. The summed E-state index contributed by atoms with van der Waals surface area (Å²) in [4.78, 5) is 35.0. The maximum absolute atomic E-state index is 12.7. The van der Waals surface area contributed by atoms with Gasteiger partial charge in [0, 0.05) is 19.4 Å². The molecular weight excluding hydrogens is 774 g/mol. The quantitative estimate of drug-likeness (QED) is 0.0348. The van der Waals surface area contributed by atoms with Gasteiger partial charge in [0.25, 0.3) is 0 Å². The van der Waals surface area contributed by atoms with Crippen LogP contribution in [0.1, 0.15) is 277 Å². The number of phosphoric ester groups is 1. The van der Waals surface area contributed by atoms with Crippen LogP contribution in [-0.4, -0.2) is 49.3 Å². The lowest BCUT2D eigenvalue weighted by Gasteiger charge is -2.19. The zero-order chi connectivity index (χ0) is 43.9. The topological polar surface area (TPSA) is 134 Å². The van der Waals surface area contributed by atoms with Crippen LogP contribution in [0.3, 0.4) is 0 Å². The lowest BCUT2D eigenvalue weighted by Crippen LogP contribution is -2.29. The molecule has 60 heavy (non-hydrogen) atoms. The molecule has 10 heteroatoms. The van der Waals surface area contributed by atoms with Gasteiger partial charge in [0.05, 0.1) is 13.2 Å². The SMILES string of the molecule is CCCCCCCCCCCCCCCCCCCCCCCCC(=O)O[C@H](COC(=O)CCCCCCCCCCCCCCCCCCC)COP(=O)(O)OCCN. The van der Waals surface area contributed by atoms with E-state index in [1.54, 1.807) is 0 Å². The van der Waals surface area contributed by atoms with E-state index in [1.165, 1.54) is 212 Å². The smallest absolute Gasteiger partial charge is 0.462 e. The van der Waals surface area contributed by atoms with Gasteiger partial charge in [0.1, 0.15) is 6.61 Å². The van der Waals surface area contributed by atoms with E-state index in [1.807, 2.05) is 0 Å². The monoisotopic (exact) mass is 874 g/mol. The molecule has 0 amide bonds. The van der Waals surface area contributed by atoms with Crippen LogP contribution < -0.4 is 5.73 Å². The Kier molecular flexibility index (Phi) is 46.7. The summed E-state index contributed by atoms with van der Waals surface area (Å²) in [6.45, 7) is 3.81. The molecule has 0 heterocycles. The van der Waals surface area contributed by atoms with Gasteiger partial charge in [-0.15, -0.1) is 0 Å². The standard InChI is InChI=1S/C50H100NO8P/c1-3-5-7-9-11-13-15-17-19-21-22-23-24-25-27-29-31-33-35-37-39-41-43-50(53)59-48(47-58-60(54,55)57-45-44-51)46-56-49(52)42-40-38-36-34-32-30-28-26-20-18-16-14-12-10-8-6-4-2/h48H,3-47,51H2,1-2H3,(H,54,55)/t48-/m1/s1. The van der Waals surface area contributed by atoms with Crippen molar-refractivity contribution in [3.63, 3.8) is 0 Å². The van der Waals surface area contributed by atoms with E-state index < -0.39 is 26.5 Å². The van der Waals surface area contributed by atoms with Gasteiger partial charge in [0.2, 0.25) is 0 Å². The summed E-state index contributed by atoms with van der Waals surface area (Å²) in [6.07, 6.45) is 50.0. The number of unbranched alkanes of at least 4 members (excludes halogenated alkanes) is 37. The highest BCUT2D eigenvalue weighted by molar-refractivity contribution is 7.47. The average molecular weight is 874 g/mol. The van der Waals surface area contributed by atoms with Gasteiger partial charge < -0.3 is 20.1 Å². The highest BCUT2D eigenvalue weighted by Gasteiger charge is 2.26. The van der Waals surface area contributed by atoms with E-state index in [0.717, 1.165) is 32.1 Å². The Morgan fingerprint density at radius 1 is 0.433 bits per heavy atom. The first kappa shape index (κ1) is 59.0. The molecule has 0 aromatic heterocycles. The van der Waals surface area contributed by atoms with E-state index in [2.05, 4.69) is 13.8 Å². The predicted molar refractivity (Wildman–Crippen MR) is 252 cm³/mol. The molecule has 2 atom stereocenters. The van der Waals surface area contributed by atoms with Crippen LogP contribution in [0.5, 0.6) is 0 Å². The molecular formula is C50H100NO8P. The number of carbonyl (C=O) groups excluding carboxylic acids is 2. The summed E-state index contributed by atoms with van der Waals surface area (Å²) in [6, 6.07) is 0. The lowest BCUT2D eigenvalue weighted by atomic mass is 10.0. The Bertz CT molecular complexity index is 953. The molecule has 0 aliphatic carbocycles. The molecule has 9 nitrogen and oxygen atoms in total. The van der Waals surface area contributed by atoms with E-state index in [0.29, 0.717) is 6.42 Å². The van der Waals surface area contributed by atoms with E-state index in [9.17, 15) is 19.0 Å². The number of ether oxygens (including phenoxy) is 2. The van der Waals surface area contributed by atoms with Crippen LogP contribution >= 0.6 is 7.82 Å². The average Bonchev–Trinajstić information content (AvgIpc) is 3.24. The molecule has 0 radical (unpaired) electrons. The molecule has 0 aliphatic heterocycles. The van der Waals surface area contributed by atoms with E-state index in [-0.39, 0.29) is 38.6 Å². The second kappa shape index (κ2) is 47.5. The third kappa shape index (κ3) is 46.5. The second-order valence-electron chi connectivity index (χ2n) is 17.8. The number of nitrogens with two attached hydrogens (primary N) is 1. The lowest BCUT2D eigenvalue weighted by molar-refractivity contribution is -0.161. The van der Waals surface area contributed by atoms with Crippen molar-refractivity contribution in [2.75, 3.05) is 26.4 Å². The summed E-state index contributed by atoms with van der Waals surface area (Å²) >= 11 is 0. The third-order valence-corrected chi connectivity index (χ3v) is 12.7. The molecule has 1 unspecified atom stereocenters. The molecule has 3 N–H and O–H groups in total. The summed E-state index contributed by atoms with van der Waals surface area (Å²) < 4.78 is 32.9. The van der Waals surface area contributed by atoms with Crippen molar-refractivity contribution in [3.05, 3.63) is 0 Å². The number of carbonyl (C=O) groups is 2. The van der Waals surface area contributed by atoms with Crippen LogP contribution in [0, 0.1) is 0 Å². The zero-order valence-electron chi connectivity index (χ0n) is 39.7. The first-order chi connectivity index (χ1) is 29.3. The molecule has 0 aromatic rings. The second-order valence-corrected chi connectivity index (χ2v) is 19.2. The zero-order valence-corrected chi connectivity index (χ0v) is 40.6. The van der Waals surface area contributed by atoms with Gasteiger partial charge in [-0.25, -0.2) is 4.57 Å². The minimum Gasteiger partial charge on any atom is -0.462 e. The van der Waals surface area contributed by atoms with Crippen LogP contribution in [0.4, 0.5) is 0 Å². The van der Waals surface area contributed by atoms with Crippen molar-refractivity contribution in [1.29, 1.82) is 0 Å². The van der Waals surface area contributed by atoms with Gasteiger partial charge >= 0.3 is 19.8 Å². The molecule has 0 saturated carbocycles. The molecule has 0 rings (SSSR count). The Balaban J connectivity index is 3.97. The number of hydrogen-bond donors (Lipinski definition) is 2. The van der Waals surface area contributed by atoms with Crippen LogP contribution in [0.25, 0.3) is 0 Å². The molecule has 0 bridgehead atoms. The molecule has 0 saturated heterocycles. The van der Waals surface area contributed by atoms with Crippen molar-refractivity contribution < 1.29 is 37.6 Å². The minimum absolute atomic E-state index is 0.0584. The van der Waals surface area contributed by atoms with Gasteiger partial charge in [-0.3, -0.25) is 18.6 Å². The Hall–Kier alpha value is -0.990. The number of esters is 2. The first-order valence-electron chi connectivity index (χ1n) is 26.0. The van der Waals surface area contributed by atoms with Crippen LogP contribution in [0.2, 0.25) is 0 Å². The highest BCUT2D eigenvalue weighted by Crippen LogP contribution is 2.43. The fourth-order valence-electron chi connectivity index (χ4n) is 7.87. The van der Waals surface area contributed by atoms with Gasteiger partial charge in [-0.05, 0) is 12.8 Å². The number of phosphoric acid groups is 1. The minimum atomic E-state index is -4.37. The Morgan fingerprint density at radius 3 is 1.02 bits per heavy atom. The van der Waals surface area contributed by atoms with Gasteiger partial charge in [0.15, 0.2) is 6.10 Å². The number of rotatable bonds is 50. The Morgan fingerprint density at radius 2 is 0.717 bits per heavy atom. The molecule has 358 valence electrons. The maximum atomic E-state index is 12.7. The van der Waals surface area contributed by atoms with E-state index >= 15 is 0 Å². The fraction of sp³-hybridized carbons (Fsp3) is 0.960. The fourth-order valence-corrected chi connectivity index (χ4v) is 8.64. The van der Waals surface area contributed by atoms with E-state index in [4.69, 9.17) is 24.3 Å². The third-order valence-electron chi connectivity index (χ3n) is 11.7. The van der Waals surface area contributed by atoms with Crippen LogP contribution in [0.15, 0.2) is 0 Å². The Labute approximate surface area is 371 Å². The summed E-state index contributed by atoms with van der Waals surface area (Å²) in [5.74, 6) is -0.806. The largest absolute Gasteiger partial charge is 0.472 e. The van der Waals surface area contributed by atoms with Crippen molar-refractivity contribution in [2.45, 2.75) is 283 Å². The van der Waals surface area contributed by atoms with Crippen molar-refractivity contribution >= 4 is 19.8 Å². The van der Waals surface area contributed by atoms with Crippen LogP contribution in [-0.2, 0) is 32.7 Å². The highest BCUT2D eigenvalue weighted by atomic mass is 31.2. The number of hydrogen-bond acceptors (Lipinski definition) is 8. The predicted octanol–water partition coefficient (Wildman–Crippen LogP) is 15.6. The molecule has 0 aromatic carbocycles. The van der Waals surface area contributed by atoms with Crippen molar-refractivity contribution in [2.24, 2.45) is 5.73 Å². The molecule has 0 aliphatic rings. The van der Waals surface area contributed by atoms with Gasteiger partial charge in [-0.2, -0.15) is 0 Å². The van der Waals surface area contributed by atoms with Gasteiger partial charge in [-0.1, -0.05) is 251 Å². The normalized spacial score (nSPS) is 13.1.